The summed E-state index contributed by atoms with van der Waals surface area (Å²) in [6.07, 6.45) is 3.40. The number of fused-ring (bicyclic) bond motifs is 1. The van der Waals surface area contributed by atoms with Crippen LogP contribution in [0.25, 0.3) is 10.9 Å². The highest BCUT2D eigenvalue weighted by Gasteiger charge is 2.29. The Morgan fingerprint density at radius 2 is 1.78 bits per heavy atom. The van der Waals surface area contributed by atoms with Crippen LogP contribution in [0, 0.1) is 0 Å². The number of benzene rings is 2. The zero-order valence-corrected chi connectivity index (χ0v) is 19.1. The van der Waals surface area contributed by atoms with Crippen molar-refractivity contribution in [2.75, 3.05) is 49.6 Å². The second-order valence-corrected chi connectivity index (χ2v) is 9.08. The van der Waals surface area contributed by atoms with Crippen molar-refractivity contribution in [3.8, 4) is 5.75 Å². The highest BCUT2D eigenvalue weighted by Crippen LogP contribution is 2.40. The number of nitrogens with two attached hydrogens (primary N) is 1. The zero-order chi connectivity index (χ0) is 22.1. The monoisotopic (exact) mass is 431 g/mol. The van der Waals surface area contributed by atoms with Crippen molar-refractivity contribution >= 4 is 22.4 Å². The number of nitrogens with zero attached hydrogens (tertiary/aromatic N) is 4. The van der Waals surface area contributed by atoms with E-state index < -0.39 is 0 Å². The van der Waals surface area contributed by atoms with E-state index in [2.05, 4.69) is 47.1 Å². The molecule has 2 aromatic carbocycles. The first kappa shape index (κ1) is 21.0. The Morgan fingerprint density at radius 1 is 1.03 bits per heavy atom. The number of methoxy groups -OCH3 is 1. The minimum absolute atomic E-state index is 0.433. The Morgan fingerprint density at radius 3 is 2.50 bits per heavy atom. The van der Waals surface area contributed by atoms with Gasteiger partial charge in [-0.25, -0.2) is 9.97 Å². The molecule has 32 heavy (non-hydrogen) atoms. The Kier molecular flexibility index (Phi) is 5.87. The topological polar surface area (TPSA) is 67.5 Å². The van der Waals surface area contributed by atoms with Crippen molar-refractivity contribution in [3.05, 3.63) is 53.9 Å². The number of hydrogen-bond acceptors (Lipinski definition) is 6. The van der Waals surface area contributed by atoms with Crippen molar-refractivity contribution in [1.29, 1.82) is 0 Å². The Bertz CT molecular complexity index is 1090. The quantitative estimate of drug-likeness (QED) is 0.602. The fourth-order valence-electron chi connectivity index (χ4n) is 4.69. The molecule has 6 heteroatoms. The van der Waals surface area contributed by atoms with Crippen LogP contribution in [0.15, 0.2) is 42.5 Å². The first-order valence-corrected chi connectivity index (χ1v) is 11.8. The summed E-state index contributed by atoms with van der Waals surface area (Å²) in [4.78, 5) is 14.9. The molecule has 1 aliphatic carbocycles. The van der Waals surface area contributed by atoms with Crippen LogP contribution in [0.2, 0.25) is 0 Å². The number of piperazine rings is 1. The molecule has 1 aliphatic heterocycles. The van der Waals surface area contributed by atoms with E-state index >= 15 is 0 Å². The molecule has 0 amide bonds. The second-order valence-electron chi connectivity index (χ2n) is 9.08. The van der Waals surface area contributed by atoms with E-state index in [1.807, 2.05) is 12.1 Å². The Labute approximate surface area is 190 Å². The average Bonchev–Trinajstić information content (AvgIpc) is 3.69. The third kappa shape index (κ3) is 4.11. The number of hydrogen-bond donors (Lipinski definition) is 1. The van der Waals surface area contributed by atoms with E-state index in [4.69, 9.17) is 20.4 Å². The molecule has 2 aliphatic rings. The molecule has 2 fully saturated rings. The standard InChI is InChI=1S/C26H33N5O/c1-18(11-12-27)20-9-10-22-21(17-20)26(29-25(28-22)19-7-8-19)31-15-13-30(14-16-31)23-5-3-4-6-24(23)32-2/h3-6,9-10,17-19H,7-8,11-16,27H2,1-2H3. The smallest absolute Gasteiger partial charge is 0.142 e. The molecule has 5 rings (SSSR count). The van der Waals surface area contributed by atoms with E-state index in [1.54, 1.807) is 7.11 Å². The van der Waals surface area contributed by atoms with E-state index in [0.29, 0.717) is 18.4 Å². The lowest BCUT2D eigenvalue weighted by atomic mass is 9.96. The molecule has 1 saturated heterocycles. The van der Waals surface area contributed by atoms with Gasteiger partial charge in [0.2, 0.25) is 0 Å². The van der Waals surface area contributed by atoms with Gasteiger partial charge in [0.15, 0.2) is 0 Å². The number of ether oxygens (including phenoxy) is 1. The maximum Gasteiger partial charge on any atom is 0.142 e. The van der Waals surface area contributed by atoms with Crippen LogP contribution in [-0.4, -0.2) is 49.8 Å². The molecule has 2 N–H and O–H groups in total. The summed E-state index contributed by atoms with van der Waals surface area (Å²) in [5.74, 6) is 4.01. The molecule has 2 heterocycles. The number of para-hydroxylation sites is 2. The summed E-state index contributed by atoms with van der Waals surface area (Å²) in [5, 5.41) is 1.17. The van der Waals surface area contributed by atoms with Crippen molar-refractivity contribution < 1.29 is 4.74 Å². The van der Waals surface area contributed by atoms with Crippen LogP contribution in [-0.2, 0) is 0 Å². The van der Waals surface area contributed by atoms with Gasteiger partial charge < -0.3 is 20.3 Å². The van der Waals surface area contributed by atoms with Crippen LogP contribution in [0.4, 0.5) is 11.5 Å². The van der Waals surface area contributed by atoms with E-state index in [1.165, 1.54) is 29.5 Å². The summed E-state index contributed by atoms with van der Waals surface area (Å²) in [6, 6.07) is 15.0. The molecule has 1 aromatic heterocycles. The Hall–Kier alpha value is -2.86. The molecule has 3 aromatic rings. The van der Waals surface area contributed by atoms with Gasteiger partial charge in [0.1, 0.15) is 17.4 Å². The van der Waals surface area contributed by atoms with Crippen LogP contribution >= 0.6 is 0 Å². The largest absolute Gasteiger partial charge is 0.495 e. The average molecular weight is 432 g/mol. The summed E-state index contributed by atoms with van der Waals surface area (Å²) in [6.45, 7) is 6.68. The molecule has 1 unspecified atom stereocenters. The maximum atomic E-state index is 5.82. The van der Waals surface area contributed by atoms with Crippen molar-refractivity contribution in [1.82, 2.24) is 9.97 Å². The van der Waals surface area contributed by atoms with Gasteiger partial charge in [-0.15, -0.1) is 0 Å². The lowest BCUT2D eigenvalue weighted by Gasteiger charge is -2.37. The summed E-state index contributed by atoms with van der Waals surface area (Å²) < 4.78 is 5.59. The van der Waals surface area contributed by atoms with E-state index in [0.717, 1.165) is 55.5 Å². The second kappa shape index (κ2) is 8.94. The lowest BCUT2D eigenvalue weighted by molar-refractivity contribution is 0.413. The van der Waals surface area contributed by atoms with Gasteiger partial charge in [-0.2, -0.15) is 0 Å². The van der Waals surface area contributed by atoms with Gasteiger partial charge in [-0.1, -0.05) is 25.1 Å². The summed E-state index contributed by atoms with van der Waals surface area (Å²) in [5.41, 5.74) is 9.37. The van der Waals surface area contributed by atoms with Crippen LogP contribution in [0.5, 0.6) is 5.75 Å². The van der Waals surface area contributed by atoms with Crippen LogP contribution in [0.1, 0.15) is 49.4 Å². The molecular formula is C26H33N5O. The SMILES string of the molecule is COc1ccccc1N1CCN(c2nc(C3CC3)nc3ccc(C(C)CCN)cc23)CC1. The minimum atomic E-state index is 0.433. The van der Waals surface area contributed by atoms with Crippen molar-refractivity contribution in [3.63, 3.8) is 0 Å². The zero-order valence-electron chi connectivity index (χ0n) is 19.1. The molecule has 6 nitrogen and oxygen atoms in total. The fraction of sp³-hybridized carbons (Fsp3) is 0.462. The highest BCUT2D eigenvalue weighted by molar-refractivity contribution is 5.90. The third-order valence-electron chi connectivity index (χ3n) is 6.83. The number of anilines is 2. The van der Waals surface area contributed by atoms with Gasteiger partial charge in [0.25, 0.3) is 0 Å². The molecule has 168 valence electrons. The maximum absolute atomic E-state index is 5.82. The van der Waals surface area contributed by atoms with Gasteiger partial charge in [0.05, 0.1) is 18.3 Å². The van der Waals surface area contributed by atoms with Crippen molar-refractivity contribution in [2.45, 2.75) is 38.0 Å². The molecule has 1 atom stereocenters. The summed E-state index contributed by atoms with van der Waals surface area (Å²) >= 11 is 0. The molecule has 0 radical (unpaired) electrons. The first-order valence-electron chi connectivity index (χ1n) is 11.8. The van der Waals surface area contributed by atoms with E-state index in [-0.39, 0.29) is 0 Å². The number of rotatable bonds is 7. The Balaban J connectivity index is 1.45. The molecular weight excluding hydrogens is 398 g/mol. The predicted octanol–water partition coefficient (Wildman–Crippen LogP) is 4.29. The normalized spacial score (nSPS) is 17.6. The van der Waals surface area contributed by atoms with Gasteiger partial charge in [-0.05, 0) is 61.6 Å². The van der Waals surface area contributed by atoms with Gasteiger partial charge >= 0.3 is 0 Å². The minimum Gasteiger partial charge on any atom is -0.495 e. The highest BCUT2D eigenvalue weighted by atomic mass is 16.5. The first-order chi connectivity index (χ1) is 15.7. The van der Waals surface area contributed by atoms with Crippen molar-refractivity contribution in [2.24, 2.45) is 5.73 Å². The van der Waals surface area contributed by atoms with E-state index in [9.17, 15) is 0 Å². The summed E-state index contributed by atoms with van der Waals surface area (Å²) in [7, 11) is 1.74. The van der Waals surface area contributed by atoms with Gasteiger partial charge in [0, 0.05) is 37.5 Å². The third-order valence-corrected chi connectivity index (χ3v) is 6.83. The van der Waals surface area contributed by atoms with Crippen LogP contribution in [0.3, 0.4) is 0 Å². The lowest BCUT2D eigenvalue weighted by Crippen LogP contribution is -2.47. The fourth-order valence-corrected chi connectivity index (χ4v) is 4.69. The molecule has 0 spiro atoms. The predicted molar refractivity (Wildman–Crippen MR) is 131 cm³/mol. The van der Waals surface area contributed by atoms with Crippen LogP contribution < -0.4 is 20.3 Å². The number of aromatic nitrogens is 2. The van der Waals surface area contributed by atoms with Gasteiger partial charge in [-0.3, -0.25) is 0 Å². The molecule has 1 saturated carbocycles. The molecule has 0 bridgehead atoms.